The zero-order valence-corrected chi connectivity index (χ0v) is 25.1. The van der Waals surface area contributed by atoms with Gasteiger partial charge in [-0.15, -0.1) is 0 Å². The Morgan fingerprint density at radius 1 is 0.711 bits per heavy atom. The summed E-state index contributed by atoms with van der Waals surface area (Å²) in [6.45, 7) is 3.87. The maximum Gasteiger partial charge on any atom is 0.471 e. The summed E-state index contributed by atoms with van der Waals surface area (Å²) in [5.74, 6) is -2.78. The van der Waals surface area contributed by atoms with Gasteiger partial charge in [-0.2, -0.15) is 36.3 Å². The largest absolute Gasteiger partial charge is 0.471 e. The summed E-state index contributed by atoms with van der Waals surface area (Å²) >= 11 is 1.90. The molecule has 0 aliphatic rings. The summed E-state index contributed by atoms with van der Waals surface area (Å²) in [4.78, 5) is 9.80. The average Bonchev–Trinajstić information content (AvgIpc) is 3.52. The van der Waals surface area contributed by atoms with Crippen LogP contribution in [0.4, 0.5) is 26.3 Å². The van der Waals surface area contributed by atoms with E-state index >= 15 is 0 Å². The summed E-state index contributed by atoms with van der Waals surface area (Å²) in [5, 5.41) is 6.58. The van der Waals surface area contributed by atoms with E-state index in [1.807, 2.05) is 48.6 Å². The Labute approximate surface area is 253 Å². The van der Waals surface area contributed by atoms with Crippen molar-refractivity contribution in [2.75, 3.05) is 0 Å². The molecule has 0 unspecified atom stereocenters. The van der Waals surface area contributed by atoms with E-state index in [2.05, 4.69) is 34.3 Å². The number of aromatic nitrogens is 4. The fourth-order valence-electron chi connectivity index (χ4n) is 2.50. The van der Waals surface area contributed by atoms with Crippen LogP contribution in [0, 0.1) is 19.3 Å². The average molecular weight is 728 g/mol. The van der Waals surface area contributed by atoms with Gasteiger partial charge >= 0.3 is 24.1 Å². The van der Waals surface area contributed by atoms with E-state index in [0.717, 1.165) is 17.5 Å². The van der Waals surface area contributed by atoms with E-state index in [9.17, 15) is 26.3 Å². The molecule has 4 rings (SSSR count). The van der Waals surface area contributed by atoms with Gasteiger partial charge in [0.05, 0.1) is 0 Å². The molecular formula is C23H21F6IN4O2V2-2. The molecule has 4 aromatic rings. The molecule has 2 heterocycles. The van der Waals surface area contributed by atoms with E-state index in [-0.39, 0.29) is 56.2 Å². The monoisotopic (exact) mass is 728 g/mol. The molecule has 15 heteroatoms. The summed E-state index contributed by atoms with van der Waals surface area (Å²) in [6, 6.07) is 13.8. The topological polar surface area (TPSA) is 77.8 Å². The molecule has 2 aromatic carbocycles. The Bertz CT molecular complexity index is 1200. The third-order valence-electron chi connectivity index (χ3n) is 4.27. The standard InChI is InChI=1S/C11H9F3N2O.C10H7F3N2O.CH2I.CH3.2V/c1-2-7-3-5-8(6-4-7)9-15-10(17-16-9)11(12,13)14;1-6-2-4-7(5-3-6)8-14-9(16-15-8)10(11,12)13;1-2;;;/h3-6H,2H2,1H3;2-5H,1H3;1H2;1H3;;/q;;2*-1;;. The Morgan fingerprint density at radius 3 is 1.34 bits per heavy atom. The molecule has 0 aliphatic carbocycles. The molecule has 206 valence electrons. The minimum Gasteiger partial charge on any atom is -0.358 e. The van der Waals surface area contributed by atoms with Crippen molar-refractivity contribution in [3.8, 4) is 22.8 Å². The molecular weight excluding hydrogens is 707 g/mol. The Balaban J connectivity index is 0. The molecule has 0 amide bonds. The van der Waals surface area contributed by atoms with Gasteiger partial charge in [0.2, 0.25) is 11.6 Å². The van der Waals surface area contributed by atoms with Gasteiger partial charge in [0, 0.05) is 48.2 Å². The van der Waals surface area contributed by atoms with E-state index in [1.165, 1.54) is 0 Å². The van der Waals surface area contributed by atoms with Gasteiger partial charge in [0.25, 0.3) is 0 Å². The van der Waals surface area contributed by atoms with Crippen molar-refractivity contribution in [3.63, 3.8) is 0 Å². The van der Waals surface area contributed by atoms with Crippen LogP contribution in [0.2, 0.25) is 0 Å². The third-order valence-corrected chi connectivity index (χ3v) is 4.27. The van der Waals surface area contributed by atoms with Crippen LogP contribution >= 0.6 is 22.6 Å². The predicted molar refractivity (Wildman–Crippen MR) is 129 cm³/mol. The van der Waals surface area contributed by atoms with Crippen LogP contribution in [0.15, 0.2) is 57.6 Å². The minimum atomic E-state index is -4.60. The van der Waals surface area contributed by atoms with Gasteiger partial charge in [0.1, 0.15) is 0 Å². The number of nitrogens with zero attached hydrogens (tertiary/aromatic N) is 4. The molecule has 0 fully saturated rings. The van der Waals surface area contributed by atoms with Crippen molar-refractivity contribution in [1.29, 1.82) is 0 Å². The second-order valence-electron chi connectivity index (χ2n) is 6.76. The van der Waals surface area contributed by atoms with Gasteiger partial charge in [-0.05, 0) is 18.9 Å². The zero-order valence-electron chi connectivity index (χ0n) is 20.2. The first kappa shape index (κ1) is 38.3. The van der Waals surface area contributed by atoms with Crippen molar-refractivity contribution < 1.29 is 72.5 Å². The zero-order chi connectivity index (χ0) is 26.2. The summed E-state index contributed by atoms with van der Waals surface area (Å²) < 4.78 is 81.6. The van der Waals surface area contributed by atoms with Gasteiger partial charge in [-0.1, -0.05) is 71.3 Å². The number of aryl methyl sites for hydroxylation is 2. The van der Waals surface area contributed by atoms with Crippen molar-refractivity contribution in [3.05, 3.63) is 83.8 Å². The molecule has 2 aromatic heterocycles. The van der Waals surface area contributed by atoms with Crippen molar-refractivity contribution in [1.82, 2.24) is 20.3 Å². The fraction of sp³-hybridized carbons (Fsp3) is 0.217. The Kier molecular flexibility index (Phi) is 17.2. The predicted octanol–water partition coefficient (Wildman–Crippen LogP) is 8.04. The first-order chi connectivity index (χ1) is 16.5. The quantitative estimate of drug-likeness (QED) is 0.121. The van der Waals surface area contributed by atoms with Gasteiger partial charge in [-0.25, -0.2) is 0 Å². The van der Waals surface area contributed by atoms with Crippen LogP contribution in [-0.2, 0) is 55.9 Å². The van der Waals surface area contributed by atoms with Crippen LogP contribution in [0.1, 0.15) is 29.8 Å². The smallest absolute Gasteiger partial charge is 0.358 e. The van der Waals surface area contributed by atoms with Crippen molar-refractivity contribution >= 4 is 22.6 Å². The Morgan fingerprint density at radius 2 is 1.05 bits per heavy atom. The molecule has 38 heavy (non-hydrogen) atoms. The molecule has 0 spiro atoms. The van der Waals surface area contributed by atoms with Crippen molar-refractivity contribution in [2.45, 2.75) is 32.6 Å². The fourth-order valence-corrected chi connectivity index (χ4v) is 2.50. The number of alkyl halides is 6. The third kappa shape index (κ3) is 11.1. The minimum absolute atomic E-state index is 0. The number of rotatable bonds is 3. The van der Waals surface area contributed by atoms with Crippen LogP contribution in [0.5, 0.6) is 0 Å². The summed E-state index contributed by atoms with van der Waals surface area (Å²) in [5.41, 5.74) is 3.09. The normalized spacial score (nSPS) is 10.4. The molecule has 0 atom stereocenters. The maximum atomic E-state index is 12.2. The SMILES string of the molecule is CCc1ccc(-c2noc(C(F)(F)F)n2)cc1.Cc1ccc(-c2noc(C(F)(F)F)n2)cc1.[CH2-]I.[CH3-].[V].[V]. The molecule has 0 aliphatic heterocycles. The summed E-state index contributed by atoms with van der Waals surface area (Å²) in [6.07, 6.45) is -8.34. The number of benzene rings is 2. The van der Waals surface area contributed by atoms with Crippen LogP contribution in [-0.4, -0.2) is 20.3 Å². The van der Waals surface area contributed by atoms with E-state index < -0.39 is 24.1 Å². The summed E-state index contributed by atoms with van der Waals surface area (Å²) in [7, 11) is 0. The number of hydrogen-bond acceptors (Lipinski definition) is 6. The first-order valence-electron chi connectivity index (χ1n) is 9.72. The van der Waals surface area contributed by atoms with Gasteiger partial charge in [-0.3, -0.25) is 4.93 Å². The second kappa shape index (κ2) is 17.0. The molecule has 0 N–H and O–H groups in total. The van der Waals surface area contributed by atoms with Crippen LogP contribution in [0.25, 0.3) is 22.8 Å². The van der Waals surface area contributed by atoms with E-state index in [0.29, 0.717) is 11.1 Å². The molecule has 0 bridgehead atoms. The van der Waals surface area contributed by atoms with Crippen LogP contribution < -0.4 is 0 Å². The van der Waals surface area contributed by atoms with Crippen LogP contribution in [0.3, 0.4) is 0 Å². The molecule has 0 saturated heterocycles. The number of halogens is 7. The molecule has 0 saturated carbocycles. The van der Waals surface area contributed by atoms with Gasteiger partial charge in [0.15, 0.2) is 0 Å². The van der Waals surface area contributed by atoms with Crippen molar-refractivity contribution in [2.24, 2.45) is 0 Å². The Hall–Kier alpha value is -1.80. The molecule has 6 nitrogen and oxygen atoms in total. The molecule has 2 radical (unpaired) electrons. The van der Waals surface area contributed by atoms with E-state index in [1.54, 1.807) is 36.4 Å². The first-order valence-corrected chi connectivity index (χ1v) is 11.2. The van der Waals surface area contributed by atoms with Gasteiger partial charge < -0.3 is 39.1 Å². The maximum absolute atomic E-state index is 12.2. The number of hydrogen-bond donors (Lipinski definition) is 0. The van der Waals surface area contributed by atoms with E-state index in [4.69, 9.17) is 0 Å². The second-order valence-corrected chi connectivity index (χ2v) is 6.76.